The average Bonchev–Trinajstić information content (AvgIpc) is 3.12. The molecule has 0 atom stereocenters. The molecule has 0 radical (unpaired) electrons. The summed E-state index contributed by atoms with van der Waals surface area (Å²) in [7, 11) is 0. The van der Waals surface area contributed by atoms with E-state index in [2.05, 4.69) is 0 Å². The van der Waals surface area contributed by atoms with Gasteiger partial charge in [0.15, 0.2) is 0 Å². The molecule has 2 heterocycles. The second kappa shape index (κ2) is 6.02. The Balaban J connectivity index is 1.89. The van der Waals surface area contributed by atoms with Gasteiger partial charge in [0, 0.05) is 0 Å². The minimum atomic E-state index is -0.603. The Labute approximate surface area is 167 Å². The molecule has 146 valence electrons. The summed E-state index contributed by atoms with van der Waals surface area (Å²) in [6, 6.07) is 15.5. The topological polar surface area (TPSA) is 130 Å². The molecule has 0 bridgehead atoms. The lowest BCUT2D eigenvalue weighted by Crippen LogP contribution is -2.25. The molecule has 5 rings (SSSR count). The Morgan fingerprint density at radius 3 is 1.10 bits per heavy atom. The van der Waals surface area contributed by atoms with Crippen LogP contribution < -0.4 is 33.7 Å². The number of hydrogen-bond donors (Lipinski definition) is 2. The van der Waals surface area contributed by atoms with Gasteiger partial charge in [-0.1, -0.05) is 24.3 Å². The van der Waals surface area contributed by atoms with Crippen LogP contribution in [0.3, 0.4) is 0 Å². The lowest BCUT2D eigenvalue weighted by molar-refractivity contribution is 0.991. The third-order valence-electron chi connectivity index (χ3n) is 5.25. The van der Waals surface area contributed by atoms with Crippen molar-refractivity contribution in [2.24, 2.45) is 0 Å². The van der Waals surface area contributed by atoms with Crippen LogP contribution in [0, 0.1) is 0 Å². The minimum absolute atomic E-state index is 0.0473. The fourth-order valence-electron chi connectivity index (χ4n) is 3.79. The third-order valence-corrected chi connectivity index (χ3v) is 5.25. The van der Waals surface area contributed by atoms with Gasteiger partial charge in [-0.2, -0.15) is 0 Å². The number of nitrogen functional groups attached to an aromatic ring is 2. The van der Waals surface area contributed by atoms with E-state index >= 15 is 0 Å². The predicted molar refractivity (Wildman–Crippen MR) is 116 cm³/mol. The average molecular weight is 398 g/mol. The van der Waals surface area contributed by atoms with Gasteiger partial charge in [-0.3, -0.25) is 19.2 Å². The van der Waals surface area contributed by atoms with Crippen LogP contribution in [0.25, 0.3) is 32.9 Å². The van der Waals surface area contributed by atoms with Crippen LogP contribution in [-0.2, 0) is 0 Å². The zero-order valence-electron chi connectivity index (χ0n) is 15.5. The summed E-state index contributed by atoms with van der Waals surface area (Å²) in [4.78, 5) is 51.9. The van der Waals surface area contributed by atoms with E-state index in [1.807, 2.05) is 0 Å². The molecule has 30 heavy (non-hydrogen) atoms. The van der Waals surface area contributed by atoms with Gasteiger partial charge in [-0.05, 0) is 36.4 Å². The summed E-state index contributed by atoms with van der Waals surface area (Å²) in [5.74, 6) is 0. The highest BCUT2D eigenvalue weighted by Gasteiger charge is 2.21. The first-order valence-electron chi connectivity index (χ1n) is 9.04. The van der Waals surface area contributed by atoms with Crippen molar-refractivity contribution in [2.75, 3.05) is 11.5 Å². The smallest absolute Gasteiger partial charge is 0.266 e. The van der Waals surface area contributed by atoms with Crippen LogP contribution in [0.2, 0.25) is 0 Å². The minimum Gasteiger partial charge on any atom is -0.397 e. The van der Waals surface area contributed by atoms with Crippen molar-refractivity contribution < 1.29 is 0 Å². The van der Waals surface area contributed by atoms with Crippen molar-refractivity contribution in [1.82, 2.24) is 9.13 Å². The Hall–Kier alpha value is -4.46. The van der Waals surface area contributed by atoms with Crippen LogP contribution in [0.1, 0.15) is 0 Å². The number of hydrogen-bond acceptors (Lipinski definition) is 6. The zero-order chi connectivity index (χ0) is 21.2. The van der Waals surface area contributed by atoms with Crippen LogP contribution in [-0.4, -0.2) is 9.13 Å². The van der Waals surface area contributed by atoms with Gasteiger partial charge in [-0.25, -0.2) is 9.13 Å². The first-order valence-corrected chi connectivity index (χ1v) is 9.04. The Morgan fingerprint density at radius 1 is 0.500 bits per heavy atom. The van der Waals surface area contributed by atoms with E-state index in [-0.39, 0.29) is 44.3 Å². The van der Waals surface area contributed by atoms with E-state index in [1.54, 1.807) is 48.5 Å². The maximum Gasteiger partial charge on any atom is 0.266 e. The molecule has 2 aromatic heterocycles. The van der Waals surface area contributed by atoms with E-state index in [0.717, 1.165) is 9.13 Å². The van der Waals surface area contributed by atoms with Crippen LogP contribution >= 0.6 is 0 Å². The Kier molecular flexibility index (Phi) is 3.54. The summed E-state index contributed by atoms with van der Waals surface area (Å²) >= 11 is 0. The van der Waals surface area contributed by atoms with Crippen molar-refractivity contribution in [3.8, 4) is 11.4 Å². The number of nitrogens with two attached hydrogens (primary N) is 2. The highest BCUT2D eigenvalue weighted by Crippen LogP contribution is 2.20. The second-order valence-electron chi connectivity index (χ2n) is 6.95. The molecule has 5 aromatic rings. The molecule has 0 aliphatic rings. The van der Waals surface area contributed by atoms with Crippen LogP contribution in [0.5, 0.6) is 0 Å². The standard InChI is InChI=1S/C22H14N4O4/c23-15-5-1-3-7-17(15)25-19(27)11-9-13-14(10-12(11)20(25)28)22(30)26(21(13)29)18-8-4-2-6-16(18)24/h1-10H,23-24H2. The highest BCUT2D eigenvalue weighted by atomic mass is 16.2. The number of aromatic nitrogens is 2. The lowest BCUT2D eigenvalue weighted by atomic mass is 10.1. The number of benzene rings is 3. The van der Waals surface area contributed by atoms with Gasteiger partial charge in [0.2, 0.25) is 0 Å². The molecule has 0 aliphatic carbocycles. The first kappa shape index (κ1) is 17.6. The lowest BCUT2D eigenvalue weighted by Gasteiger charge is -2.03. The van der Waals surface area contributed by atoms with Gasteiger partial charge >= 0.3 is 0 Å². The maximum atomic E-state index is 13.0. The molecule has 0 aliphatic heterocycles. The van der Waals surface area contributed by atoms with Crippen molar-refractivity contribution in [1.29, 1.82) is 0 Å². The second-order valence-corrected chi connectivity index (χ2v) is 6.95. The first-order chi connectivity index (χ1) is 14.4. The van der Waals surface area contributed by atoms with Gasteiger partial charge in [0.25, 0.3) is 22.2 Å². The fraction of sp³-hybridized carbons (Fsp3) is 0. The Bertz CT molecular complexity index is 1500. The van der Waals surface area contributed by atoms with E-state index in [0.29, 0.717) is 0 Å². The van der Waals surface area contributed by atoms with Gasteiger partial charge in [0.1, 0.15) is 0 Å². The monoisotopic (exact) mass is 398 g/mol. The number of anilines is 2. The summed E-state index contributed by atoms with van der Waals surface area (Å²) < 4.78 is 1.91. The Morgan fingerprint density at radius 2 is 0.800 bits per heavy atom. The molecule has 8 nitrogen and oxygen atoms in total. The molecule has 0 amide bonds. The van der Waals surface area contributed by atoms with Crippen molar-refractivity contribution in [3.63, 3.8) is 0 Å². The van der Waals surface area contributed by atoms with E-state index in [1.165, 1.54) is 12.1 Å². The molecular weight excluding hydrogens is 384 g/mol. The van der Waals surface area contributed by atoms with Crippen LogP contribution in [0.4, 0.5) is 11.4 Å². The molecule has 4 N–H and O–H groups in total. The number of para-hydroxylation sites is 4. The molecule has 0 spiro atoms. The largest absolute Gasteiger partial charge is 0.397 e. The highest BCUT2D eigenvalue weighted by molar-refractivity contribution is 5.98. The third kappa shape index (κ3) is 2.21. The predicted octanol–water partition coefficient (Wildman–Crippen LogP) is 1.06. The molecular formula is C22H14N4O4. The fourth-order valence-corrected chi connectivity index (χ4v) is 3.79. The quantitative estimate of drug-likeness (QED) is 0.428. The van der Waals surface area contributed by atoms with E-state index < -0.39 is 22.2 Å². The summed E-state index contributed by atoms with van der Waals surface area (Å²) in [5.41, 5.74) is 10.5. The molecule has 3 aromatic carbocycles. The number of fused-ring (bicyclic) bond motifs is 2. The zero-order valence-corrected chi connectivity index (χ0v) is 15.5. The normalized spacial score (nSPS) is 11.5. The van der Waals surface area contributed by atoms with Crippen LogP contribution in [0.15, 0.2) is 79.8 Å². The van der Waals surface area contributed by atoms with Gasteiger partial charge in [-0.15, -0.1) is 0 Å². The van der Waals surface area contributed by atoms with Crippen molar-refractivity contribution in [3.05, 3.63) is 102 Å². The SMILES string of the molecule is Nc1ccccc1-n1c(=O)c2cc3c(=O)n(-c4ccccc4N)c(=O)c3cc2c1=O. The molecule has 0 fully saturated rings. The number of rotatable bonds is 2. The van der Waals surface area contributed by atoms with Gasteiger partial charge in [0.05, 0.1) is 44.3 Å². The molecule has 0 saturated heterocycles. The van der Waals surface area contributed by atoms with E-state index in [9.17, 15) is 19.2 Å². The van der Waals surface area contributed by atoms with Crippen molar-refractivity contribution in [2.45, 2.75) is 0 Å². The van der Waals surface area contributed by atoms with Crippen molar-refractivity contribution >= 4 is 32.9 Å². The number of nitrogens with zero attached hydrogens (tertiary/aromatic N) is 2. The van der Waals surface area contributed by atoms with Gasteiger partial charge < -0.3 is 11.5 Å². The summed E-state index contributed by atoms with van der Waals surface area (Å²) in [6.07, 6.45) is 0. The summed E-state index contributed by atoms with van der Waals surface area (Å²) in [5, 5.41) is 0.189. The molecule has 0 unspecified atom stereocenters. The molecule has 0 saturated carbocycles. The van der Waals surface area contributed by atoms with E-state index in [4.69, 9.17) is 11.5 Å². The summed E-state index contributed by atoms with van der Waals surface area (Å²) in [6.45, 7) is 0. The maximum absolute atomic E-state index is 13.0. The molecule has 8 heteroatoms.